The van der Waals surface area contributed by atoms with E-state index in [2.05, 4.69) is 5.32 Å². The summed E-state index contributed by atoms with van der Waals surface area (Å²) in [6, 6.07) is 25.3. The third kappa shape index (κ3) is 6.76. The Morgan fingerprint density at radius 1 is 0.925 bits per heavy atom. The van der Waals surface area contributed by atoms with Crippen molar-refractivity contribution in [3.05, 3.63) is 102 Å². The predicted octanol–water partition coefficient (Wildman–Crippen LogP) is 3.51. The van der Waals surface area contributed by atoms with Crippen LogP contribution in [0.1, 0.15) is 41.3 Å². The molecule has 8 nitrogen and oxygen atoms in total. The number of benzene rings is 3. The zero-order chi connectivity index (χ0) is 28.5. The van der Waals surface area contributed by atoms with Crippen molar-refractivity contribution in [2.75, 3.05) is 31.6 Å². The highest BCUT2D eigenvalue weighted by Crippen LogP contribution is 2.33. The highest BCUT2D eigenvalue weighted by molar-refractivity contribution is 5.98. The van der Waals surface area contributed by atoms with Gasteiger partial charge in [0.25, 0.3) is 5.91 Å². The van der Waals surface area contributed by atoms with Crippen molar-refractivity contribution in [2.45, 2.75) is 37.8 Å². The zero-order valence-corrected chi connectivity index (χ0v) is 22.9. The van der Waals surface area contributed by atoms with Crippen molar-refractivity contribution in [1.82, 2.24) is 4.90 Å². The molecule has 0 aliphatic carbocycles. The molecule has 1 saturated heterocycles. The summed E-state index contributed by atoms with van der Waals surface area (Å²) in [5.41, 5.74) is 13.9. The van der Waals surface area contributed by atoms with Gasteiger partial charge in [-0.3, -0.25) is 14.4 Å². The van der Waals surface area contributed by atoms with Crippen molar-refractivity contribution < 1.29 is 19.1 Å². The topological polar surface area (TPSA) is 128 Å². The number of carbonyl (C=O) groups excluding carboxylic acids is 3. The lowest BCUT2D eigenvalue weighted by molar-refractivity contribution is -0.134. The lowest BCUT2D eigenvalue weighted by Crippen LogP contribution is -2.58. The second kappa shape index (κ2) is 13.4. The first-order valence-corrected chi connectivity index (χ1v) is 13.8. The molecule has 3 aromatic rings. The number of aryl methyl sites for hydroxylation is 1. The van der Waals surface area contributed by atoms with Crippen LogP contribution in [0, 0.1) is 5.92 Å². The van der Waals surface area contributed by atoms with Crippen LogP contribution in [0.15, 0.2) is 84.9 Å². The van der Waals surface area contributed by atoms with Crippen molar-refractivity contribution in [2.24, 2.45) is 17.4 Å². The van der Waals surface area contributed by atoms with E-state index in [1.165, 1.54) is 0 Å². The normalized spacial score (nSPS) is 16.4. The zero-order valence-electron chi connectivity index (χ0n) is 22.9. The fraction of sp³-hybridized carbons (Fsp3) is 0.344. The molecule has 0 aromatic heterocycles. The number of hydrogen-bond acceptors (Lipinski definition) is 6. The number of nitrogens with zero attached hydrogens (tertiary/aromatic N) is 1. The van der Waals surface area contributed by atoms with Crippen LogP contribution in [0.2, 0.25) is 0 Å². The number of nitrogens with one attached hydrogen (secondary N) is 1. The van der Waals surface area contributed by atoms with Gasteiger partial charge in [-0.15, -0.1) is 0 Å². The summed E-state index contributed by atoms with van der Waals surface area (Å²) in [5, 5.41) is 3.24. The van der Waals surface area contributed by atoms with Gasteiger partial charge in [-0.25, -0.2) is 0 Å². The van der Waals surface area contributed by atoms with Crippen molar-refractivity contribution >= 4 is 23.3 Å². The Hall–Kier alpha value is -4.01. The Kier molecular flexibility index (Phi) is 9.69. The molecule has 4 rings (SSSR count). The number of anilines is 1. The number of primary amides is 1. The summed E-state index contributed by atoms with van der Waals surface area (Å²) in [7, 11) is 0. The lowest BCUT2D eigenvalue weighted by Gasteiger charge is -2.36. The van der Waals surface area contributed by atoms with E-state index in [0.29, 0.717) is 56.0 Å². The molecule has 1 unspecified atom stereocenters. The van der Waals surface area contributed by atoms with E-state index in [-0.39, 0.29) is 11.7 Å². The van der Waals surface area contributed by atoms with Crippen LogP contribution in [0.25, 0.3) is 0 Å². The first-order valence-electron chi connectivity index (χ1n) is 13.8. The molecule has 5 N–H and O–H groups in total. The summed E-state index contributed by atoms with van der Waals surface area (Å²) in [5.74, 6) is -1.84. The average molecular weight is 543 g/mol. The number of nitrogens with two attached hydrogens (primary N) is 2. The van der Waals surface area contributed by atoms with E-state index in [9.17, 15) is 14.4 Å². The summed E-state index contributed by atoms with van der Waals surface area (Å²) in [6.07, 6.45) is 1.79. The molecule has 40 heavy (non-hydrogen) atoms. The molecular weight excluding hydrogens is 504 g/mol. The van der Waals surface area contributed by atoms with Crippen molar-refractivity contribution in [3.63, 3.8) is 0 Å². The van der Waals surface area contributed by atoms with E-state index in [0.717, 1.165) is 12.0 Å². The number of amides is 2. The van der Waals surface area contributed by atoms with Gasteiger partial charge in [0.1, 0.15) is 5.54 Å². The fourth-order valence-corrected chi connectivity index (χ4v) is 5.26. The Morgan fingerprint density at radius 2 is 1.52 bits per heavy atom. The van der Waals surface area contributed by atoms with Gasteiger partial charge in [0, 0.05) is 24.3 Å². The third-order valence-corrected chi connectivity index (χ3v) is 7.59. The molecule has 0 saturated carbocycles. The first kappa shape index (κ1) is 29.0. The third-order valence-electron chi connectivity index (χ3n) is 7.59. The number of ketones is 1. The van der Waals surface area contributed by atoms with Crippen LogP contribution in [-0.2, 0) is 26.3 Å². The lowest BCUT2D eigenvalue weighted by atomic mass is 9.72. The Balaban J connectivity index is 1.51. The van der Waals surface area contributed by atoms with Gasteiger partial charge in [0.15, 0.2) is 5.78 Å². The molecular formula is C32H38N4O4. The predicted molar refractivity (Wildman–Crippen MR) is 156 cm³/mol. The summed E-state index contributed by atoms with van der Waals surface area (Å²) < 4.78 is 5.33. The molecule has 1 fully saturated rings. The van der Waals surface area contributed by atoms with Crippen LogP contribution in [-0.4, -0.2) is 54.8 Å². The molecule has 3 atom stereocenters. The number of carbonyl (C=O) groups is 3. The Morgan fingerprint density at radius 3 is 2.12 bits per heavy atom. The molecule has 0 bridgehead atoms. The van der Waals surface area contributed by atoms with E-state index in [1.807, 2.05) is 36.4 Å². The number of Topliss-reactive ketones (excluding diaryl/α,β-unsaturated/α-hetero) is 1. The maximum Gasteiger partial charge on any atom is 0.254 e. The number of rotatable bonds is 12. The van der Waals surface area contributed by atoms with Crippen LogP contribution < -0.4 is 16.8 Å². The standard InChI is InChI=1S/C32H38N4O4/c1-23(35-27-17-15-25(16-18-27)30(38)36-19-21-40-22-20-36)29(37)28(14-8-11-24-9-4-2-5-10-24)32(34,31(33)39)26-12-6-3-7-13-26/h2-7,9-10,12-13,15-18,23,28,35H,8,11,14,19-22,34H2,1H3,(H2,33,39)/t23-,28?,32+/m0/s1. The molecule has 0 spiro atoms. The van der Waals surface area contributed by atoms with E-state index in [1.54, 1.807) is 60.4 Å². The quantitative estimate of drug-likeness (QED) is 0.321. The number of hydrogen-bond donors (Lipinski definition) is 3. The van der Waals surface area contributed by atoms with Crippen molar-refractivity contribution in [3.8, 4) is 0 Å². The Labute approximate surface area is 235 Å². The molecule has 1 aliphatic rings. The van der Waals surface area contributed by atoms with Crippen LogP contribution in [0.4, 0.5) is 5.69 Å². The highest BCUT2D eigenvalue weighted by atomic mass is 16.5. The maximum absolute atomic E-state index is 14.0. The van der Waals surface area contributed by atoms with Gasteiger partial charge in [-0.05, 0) is 61.6 Å². The smallest absolute Gasteiger partial charge is 0.254 e. The monoisotopic (exact) mass is 542 g/mol. The summed E-state index contributed by atoms with van der Waals surface area (Å²) in [6.45, 7) is 3.96. The number of ether oxygens (including phenoxy) is 1. The van der Waals surface area contributed by atoms with E-state index >= 15 is 0 Å². The Bertz CT molecular complexity index is 1280. The second-order valence-corrected chi connectivity index (χ2v) is 10.3. The van der Waals surface area contributed by atoms with Gasteiger partial charge < -0.3 is 26.4 Å². The van der Waals surface area contributed by atoms with Crippen LogP contribution in [0.3, 0.4) is 0 Å². The minimum Gasteiger partial charge on any atom is -0.378 e. The largest absolute Gasteiger partial charge is 0.378 e. The van der Waals surface area contributed by atoms with Crippen LogP contribution >= 0.6 is 0 Å². The van der Waals surface area contributed by atoms with E-state index in [4.69, 9.17) is 16.2 Å². The van der Waals surface area contributed by atoms with Gasteiger partial charge in [0.05, 0.1) is 25.2 Å². The highest BCUT2D eigenvalue weighted by Gasteiger charge is 2.46. The van der Waals surface area contributed by atoms with Gasteiger partial charge in [-0.2, -0.15) is 0 Å². The van der Waals surface area contributed by atoms with Gasteiger partial charge in [0.2, 0.25) is 5.91 Å². The molecule has 3 aromatic carbocycles. The van der Waals surface area contributed by atoms with Gasteiger partial charge >= 0.3 is 0 Å². The van der Waals surface area contributed by atoms with Gasteiger partial charge in [-0.1, -0.05) is 60.7 Å². The minimum absolute atomic E-state index is 0.0466. The fourth-order valence-electron chi connectivity index (χ4n) is 5.26. The number of morpholine rings is 1. The molecule has 1 heterocycles. The summed E-state index contributed by atoms with van der Waals surface area (Å²) in [4.78, 5) is 41.4. The first-order chi connectivity index (χ1) is 19.3. The molecule has 2 amide bonds. The SMILES string of the molecule is C[C@H](Nc1ccc(C(=O)N2CCOCC2)cc1)C(=O)C(CCCc1ccccc1)[C@@](N)(C(N)=O)c1ccccc1. The van der Waals surface area contributed by atoms with Crippen LogP contribution in [0.5, 0.6) is 0 Å². The molecule has 0 radical (unpaired) electrons. The molecule has 210 valence electrons. The maximum atomic E-state index is 14.0. The molecule has 8 heteroatoms. The summed E-state index contributed by atoms with van der Waals surface area (Å²) >= 11 is 0. The van der Waals surface area contributed by atoms with E-state index < -0.39 is 23.4 Å². The molecule has 1 aliphatic heterocycles. The average Bonchev–Trinajstić information content (AvgIpc) is 3.00. The second-order valence-electron chi connectivity index (χ2n) is 10.3. The van der Waals surface area contributed by atoms with Crippen molar-refractivity contribution in [1.29, 1.82) is 0 Å². The minimum atomic E-state index is -1.67.